The molecule has 1 aliphatic rings. The maximum absolute atomic E-state index is 13.1. The molecular formula is C34H40Cl2N8O5. The first kappa shape index (κ1) is 35.9. The number of hydrogen-bond acceptors (Lipinski definition) is 8. The second kappa shape index (κ2) is 16.3. The van der Waals surface area contributed by atoms with Gasteiger partial charge in [0.05, 0.1) is 40.9 Å². The van der Waals surface area contributed by atoms with Gasteiger partial charge in [0.15, 0.2) is 11.4 Å². The first-order chi connectivity index (χ1) is 23.6. The number of hydrogen-bond donors (Lipinski definition) is 4. The highest BCUT2D eigenvalue weighted by Gasteiger charge is 2.25. The van der Waals surface area contributed by atoms with E-state index in [0.29, 0.717) is 64.3 Å². The SMILES string of the molecule is CCc1nc2c(OCc3c(Cl)ccc(N(C)C(=O)CNC(=O)CNC4CCN(C(=O)NC)CC4)c3Cl)cccn2c1C(O)c1ccccn1. The van der Waals surface area contributed by atoms with E-state index < -0.39 is 6.10 Å². The number of halogens is 2. The molecule has 4 N–H and O–H groups in total. The Bertz CT molecular complexity index is 1800. The summed E-state index contributed by atoms with van der Waals surface area (Å²) in [6.07, 6.45) is 4.50. The maximum Gasteiger partial charge on any atom is 0.317 e. The molecule has 0 aliphatic carbocycles. The van der Waals surface area contributed by atoms with E-state index in [1.54, 1.807) is 66.0 Å². The third-order valence-corrected chi connectivity index (χ3v) is 9.32. The van der Waals surface area contributed by atoms with Crippen LogP contribution in [0.5, 0.6) is 5.75 Å². The quantitative estimate of drug-likeness (QED) is 0.174. The number of aliphatic hydroxyl groups is 1. The highest BCUT2D eigenvalue weighted by Crippen LogP contribution is 2.35. The number of nitrogens with one attached hydrogen (secondary N) is 3. The number of aryl methyl sites for hydroxylation is 1. The molecule has 1 aromatic carbocycles. The Labute approximate surface area is 294 Å². The Kier molecular flexibility index (Phi) is 11.9. The molecular weight excluding hydrogens is 671 g/mol. The van der Waals surface area contributed by atoms with Crippen molar-refractivity contribution in [2.75, 3.05) is 45.2 Å². The zero-order chi connectivity index (χ0) is 35.1. The van der Waals surface area contributed by atoms with E-state index in [0.717, 1.165) is 12.8 Å². The number of rotatable bonds is 12. The van der Waals surface area contributed by atoms with Crippen LogP contribution in [-0.2, 0) is 22.6 Å². The number of pyridine rings is 2. The van der Waals surface area contributed by atoms with Crippen LogP contribution in [0.2, 0.25) is 10.0 Å². The predicted octanol–water partition coefficient (Wildman–Crippen LogP) is 3.73. The summed E-state index contributed by atoms with van der Waals surface area (Å²) < 4.78 is 7.99. The summed E-state index contributed by atoms with van der Waals surface area (Å²) in [5, 5.41) is 20.3. The zero-order valence-electron chi connectivity index (χ0n) is 27.6. The number of likely N-dealkylation sites (tertiary alicyclic amines) is 1. The van der Waals surface area contributed by atoms with Gasteiger partial charge in [-0.15, -0.1) is 0 Å². The van der Waals surface area contributed by atoms with E-state index in [2.05, 4.69) is 20.9 Å². The molecule has 260 valence electrons. The van der Waals surface area contributed by atoms with Crippen molar-refractivity contribution in [3.05, 3.63) is 87.5 Å². The van der Waals surface area contributed by atoms with Crippen LogP contribution in [-0.4, -0.2) is 88.5 Å². The zero-order valence-corrected chi connectivity index (χ0v) is 29.1. The number of anilines is 1. The van der Waals surface area contributed by atoms with Gasteiger partial charge < -0.3 is 35.6 Å². The van der Waals surface area contributed by atoms with Crippen LogP contribution in [0, 0.1) is 0 Å². The summed E-state index contributed by atoms with van der Waals surface area (Å²) in [5.74, 6) is -0.245. The van der Waals surface area contributed by atoms with Crippen LogP contribution in [0.1, 0.15) is 48.5 Å². The molecule has 1 saturated heterocycles. The predicted molar refractivity (Wildman–Crippen MR) is 187 cm³/mol. The fraction of sp³-hybridized carbons (Fsp3) is 0.382. The van der Waals surface area contributed by atoms with Crippen LogP contribution in [0.4, 0.5) is 10.5 Å². The molecule has 1 atom stereocenters. The molecule has 0 bridgehead atoms. The number of ether oxygens (including phenoxy) is 1. The lowest BCUT2D eigenvalue weighted by Gasteiger charge is -2.32. The minimum Gasteiger partial charge on any atom is -0.485 e. The Hall–Kier alpha value is -4.43. The number of benzene rings is 1. The maximum atomic E-state index is 13.1. The van der Waals surface area contributed by atoms with Crippen molar-refractivity contribution in [1.82, 2.24) is 35.2 Å². The number of urea groups is 1. The number of carbonyl (C=O) groups is 3. The van der Waals surface area contributed by atoms with Gasteiger partial charge in [0, 0.05) is 56.2 Å². The van der Waals surface area contributed by atoms with Crippen molar-refractivity contribution in [2.24, 2.45) is 0 Å². The van der Waals surface area contributed by atoms with E-state index in [1.165, 1.54) is 4.90 Å². The number of carbonyl (C=O) groups excluding carboxylic acids is 3. The molecule has 0 saturated carbocycles. The summed E-state index contributed by atoms with van der Waals surface area (Å²) in [4.78, 5) is 49.5. The van der Waals surface area contributed by atoms with Crippen LogP contribution < -0.4 is 25.6 Å². The molecule has 1 fully saturated rings. The number of nitrogens with zero attached hydrogens (tertiary/aromatic N) is 5. The van der Waals surface area contributed by atoms with Gasteiger partial charge in [-0.1, -0.05) is 36.2 Å². The van der Waals surface area contributed by atoms with Crippen LogP contribution in [0.25, 0.3) is 5.65 Å². The first-order valence-corrected chi connectivity index (χ1v) is 16.8. The Morgan fingerprint density at radius 2 is 1.88 bits per heavy atom. The minimum atomic E-state index is -0.990. The third kappa shape index (κ3) is 8.24. The fourth-order valence-electron chi connectivity index (χ4n) is 5.75. The van der Waals surface area contributed by atoms with Gasteiger partial charge in [-0.2, -0.15) is 0 Å². The molecule has 13 nitrogen and oxygen atoms in total. The van der Waals surface area contributed by atoms with Gasteiger partial charge in [-0.25, -0.2) is 9.78 Å². The largest absolute Gasteiger partial charge is 0.485 e. The fourth-order valence-corrected chi connectivity index (χ4v) is 6.35. The van der Waals surface area contributed by atoms with Gasteiger partial charge in [0.1, 0.15) is 12.7 Å². The topological polar surface area (TPSA) is 153 Å². The smallest absolute Gasteiger partial charge is 0.317 e. The first-order valence-electron chi connectivity index (χ1n) is 16.0. The lowest BCUT2D eigenvalue weighted by Crippen LogP contribution is -2.49. The Morgan fingerprint density at radius 3 is 2.57 bits per heavy atom. The second-order valence-electron chi connectivity index (χ2n) is 11.6. The molecule has 4 aromatic rings. The van der Waals surface area contributed by atoms with E-state index in [1.807, 2.05) is 19.2 Å². The highest BCUT2D eigenvalue weighted by molar-refractivity contribution is 6.38. The number of aliphatic hydroxyl groups excluding tert-OH is 1. The van der Waals surface area contributed by atoms with E-state index in [9.17, 15) is 19.5 Å². The average molecular weight is 712 g/mol. The van der Waals surface area contributed by atoms with Crippen molar-refractivity contribution in [1.29, 1.82) is 0 Å². The van der Waals surface area contributed by atoms with E-state index >= 15 is 0 Å². The molecule has 49 heavy (non-hydrogen) atoms. The number of piperidine rings is 1. The molecule has 4 amide bonds. The molecule has 4 heterocycles. The minimum absolute atomic E-state index is 0.0237. The summed E-state index contributed by atoms with van der Waals surface area (Å²) in [5.41, 5.74) is 3.20. The molecule has 0 radical (unpaired) electrons. The van der Waals surface area contributed by atoms with E-state index in [-0.39, 0.29) is 48.6 Å². The molecule has 3 aromatic heterocycles. The highest BCUT2D eigenvalue weighted by atomic mass is 35.5. The van der Waals surface area contributed by atoms with Crippen molar-refractivity contribution >= 4 is 52.4 Å². The molecule has 0 spiro atoms. The lowest BCUT2D eigenvalue weighted by atomic mass is 10.1. The van der Waals surface area contributed by atoms with Crippen LogP contribution in [0.15, 0.2) is 54.9 Å². The monoisotopic (exact) mass is 710 g/mol. The molecule has 1 unspecified atom stereocenters. The van der Waals surface area contributed by atoms with Gasteiger partial charge in [-0.3, -0.25) is 19.0 Å². The van der Waals surface area contributed by atoms with Crippen molar-refractivity contribution in [3.63, 3.8) is 0 Å². The van der Waals surface area contributed by atoms with Crippen molar-refractivity contribution in [3.8, 4) is 5.75 Å². The summed E-state index contributed by atoms with van der Waals surface area (Å²) in [7, 11) is 3.17. The van der Waals surface area contributed by atoms with Gasteiger partial charge in [0.25, 0.3) is 0 Å². The number of fused-ring (bicyclic) bond motifs is 1. The second-order valence-corrected chi connectivity index (χ2v) is 12.4. The number of imidazole rings is 1. The molecule has 5 rings (SSSR count). The van der Waals surface area contributed by atoms with Gasteiger partial charge in [0.2, 0.25) is 11.8 Å². The summed E-state index contributed by atoms with van der Waals surface area (Å²) in [6, 6.07) is 12.2. The number of amides is 4. The van der Waals surface area contributed by atoms with Gasteiger partial charge >= 0.3 is 6.03 Å². The average Bonchev–Trinajstić information content (AvgIpc) is 3.52. The molecule has 15 heteroatoms. The number of likely N-dealkylation sites (N-methyl/N-ethyl adjacent to an activating group) is 1. The summed E-state index contributed by atoms with van der Waals surface area (Å²) in [6.45, 7) is 2.97. The lowest BCUT2D eigenvalue weighted by molar-refractivity contribution is -0.124. The number of aromatic nitrogens is 3. The van der Waals surface area contributed by atoms with Crippen molar-refractivity contribution < 1.29 is 24.2 Å². The Balaban J connectivity index is 1.21. The van der Waals surface area contributed by atoms with Crippen LogP contribution in [0.3, 0.4) is 0 Å². The van der Waals surface area contributed by atoms with Crippen molar-refractivity contribution in [2.45, 2.75) is 44.9 Å². The van der Waals surface area contributed by atoms with Gasteiger partial charge in [-0.05, 0) is 55.7 Å². The molecule has 1 aliphatic heterocycles. The van der Waals surface area contributed by atoms with Crippen LogP contribution >= 0.6 is 23.2 Å². The summed E-state index contributed by atoms with van der Waals surface area (Å²) >= 11 is 13.3. The van der Waals surface area contributed by atoms with E-state index in [4.69, 9.17) is 32.9 Å². The normalized spacial score (nSPS) is 14.0. The Morgan fingerprint density at radius 1 is 1.10 bits per heavy atom. The standard InChI is InChI=1S/C34H40Cl2N8O5/c1-4-24-31(32(47)25-8-5-6-14-38-25)44-15-7-9-27(33(44)41-24)49-20-22-23(35)10-11-26(30(22)36)42(3)29(46)19-40-28(45)18-39-21-12-16-43(17-13-21)34(48)37-2/h5-11,14-15,21,32,39,47H,4,12-13,16-20H2,1-3H3,(H,37,48)(H,40,45). The third-order valence-electron chi connectivity index (χ3n) is 8.55.